The summed E-state index contributed by atoms with van der Waals surface area (Å²) < 4.78 is 0. The number of hydrogen-bond acceptors (Lipinski definition) is 3. The molecule has 0 atom stereocenters. The van der Waals surface area contributed by atoms with Crippen molar-refractivity contribution in [1.82, 2.24) is 0 Å². The molecule has 0 spiro atoms. The number of rotatable bonds is 4. The van der Waals surface area contributed by atoms with E-state index in [4.69, 9.17) is 17.3 Å². The van der Waals surface area contributed by atoms with Gasteiger partial charge in [-0.3, -0.25) is 0 Å². The third-order valence-corrected chi connectivity index (χ3v) is 0.693. The molecule has 0 aromatic rings. The monoisotopic (exact) mass is 148 g/mol. The van der Waals surface area contributed by atoms with Crippen LogP contribution in [0.25, 0.3) is 0 Å². The summed E-state index contributed by atoms with van der Waals surface area (Å²) in [4.78, 5) is 4.63. The van der Waals surface area contributed by atoms with Crippen LogP contribution >= 0.6 is 11.6 Å². The van der Waals surface area contributed by atoms with Crippen molar-refractivity contribution in [3.8, 4) is 0 Å². The second kappa shape index (κ2) is 7.46. The zero-order valence-corrected chi connectivity index (χ0v) is 5.71. The Balaban J connectivity index is 2.99. The molecule has 0 fully saturated rings. The first-order chi connectivity index (χ1) is 4.41. The molecule has 3 nitrogen and oxygen atoms in total. The zero-order valence-electron chi connectivity index (χ0n) is 4.96. The Kier molecular flexibility index (Phi) is 7.01. The van der Waals surface area contributed by atoms with Gasteiger partial charge in [0.2, 0.25) is 0 Å². The standard InChI is InChI=1S/C5H9ClN2O/c6-2-1-5-9-8-4-3-7/h1-2,4H,3,5,7H2. The summed E-state index contributed by atoms with van der Waals surface area (Å²) >= 11 is 5.18. The highest BCUT2D eigenvalue weighted by atomic mass is 35.5. The summed E-state index contributed by atoms with van der Waals surface area (Å²) in [5.74, 6) is 0. The Morgan fingerprint density at radius 3 is 3.00 bits per heavy atom. The lowest BCUT2D eigenvalue weighted by Gasteiger charge is -1.88. The van der Waals surface area contributed by atoms with Crippen LogP contribution < -0.4 is 5.73 Å². The fourth-order valence-corrected chi connectivity index (χ4v) is 0.291. The van der Waals surface area contributed by atoms with Gasteiger partial charge in [-0.25, -0.2) is 0 Å². The SMILES string of the molecule is NCC=NOCC=CCl. The summed E-state index contributed by atoms with van der Waals surface area (Å²) in [6.07, 6.45) is 3.11. The molecule has 0 saturated heterocycles. The Hall–Kier alpha value is -0.540. The Bertz CT molecular complexity index is 103. The summed E-state index contributed by atoms with van der Waals surface area (Å²) in [7, 11) is 0. The van der Waals surface area contributed by atoms with Crippen molar-refractivity contribution in [2.24, 2.45) is 10.9 Å². The molecule has 4 heteroatoms. The Labute approximate surface area is 59.1 Å². The van der Waals surface area contributed by atoms with Gasteiger partial charge in [0.15, 0.2) is 0 Å². The quantitative estimate of drug-likeness (QED) is 0.363. The fraction of sp³-hybridized carbons (Fsp3) is 0.400. The highest BCUT2D eigenvalue weighted by Crippen LogP contribution is 1.79. The van der Waals surface area contributed by atoms with Crippen LogP contribution in [0.5, 0.6) is 0 Å². The minimum atomic E-state index is 0.389. The molecule has 0 bridgehead atoms. The molecular formula is C5H9ClN2O. The van der Waals surface area contributed by atoms with Gasteiger partial charge in [-0.2, -0.15) is 0 Å². The third kappa shape index (κ3) is 7.46. The van der Waals surface area contributed by atoms with E-state index in [9.17, 15) is 0 Å². The van der Waals surface area contributed by atoms with Gasteiger partial charge in [0.05, 0.1) is 6.21 Å². The van der Waals surface area contributed by atoms with Gasteiger partial charge in [-0.15, -0.1) is 0 Å². The minimum absolute atomic E-state index is 0.389. The maximum atomic E-state index is 5.18. The molecule has 0 radical (unpaired) electrons. The van der Waals surface area contributed by atoms with Gasteiger partial charge in [0, 0.05) is 12.1 Å². The molecule has 2 N–H and O–H groups in total. The average molecular weight is 149 g/mol. The average Bonchev–Trinajstić information content (AvgIpc) is 1.89. The molecular weight excluding hydrogens is 140 g/mol. The third-order valence-electron chi connectivity index (χ3n) is 0.514. The van der Waals surface area contributed by atoms with Crippen molar-refractivity contribution < 1.29 is 4.84 Å². The predicted octanol–water partition coefficient (Wildman–Crippen LogP) is 0.700. The number of hydrogen-bond donors (Lipinski definition) is 1. The molecule has 9 heavy (non-hydrogen) atoms. The lowest BCUT2D eigenvalue weighted by molar-refractivity contribution is 0.176. The lowest BCUT2D eigenvalue weighted by atomic mass is 10.7. The van der Waals surface area contributed by atoms with Crippen LogP contribution in [0, 0.1) is 0 Å². The lowest BCUT2D eigenvalue weighted by Crippen LogP contribution is -1.99. The molecule has 0 rings (SSSR count). The zero-order chi connectivity index (χ0) is 6.95. The van der Waals surface area contributed by atoms with Crippen molar-refractivity contribution in [2.75, 3.05) is 13.2 Å². The van der Waals surface area contributed by atoms with E-state index in [1.165, 1.54) is 11.7 Å². The molecule has 0 heterocycles. The number of oxime groups is 1. The normalized spacial score (nSPS) is 11.3. The van der Waals surface area contributed by atoms with Crippen LogP contribution in [0.2, 0.25) is 0 Å². The molecule has 0 unspecified atom stereocenters. The number of nitrogens with two attached hydrogens (primary N) is 1. The summed E-state index contributed by atoms with van der Waals surface area (Å²) in [6.45, 7) is 0.782. The van der Waals surface area contributed by atoms with Gasteiger partial charge >= 0.3 is 0 Å². The summed E-state index contributed by atoms with van der Waals surface area (Å²) in [5.41, 5.74) is 6.44. The number of nitrogens with zero attached hydrogens (tertiary/aromatic N) is 1. The topological polar surface area (TPSA) is 47.6 Å². The van der Waals surface area contributed by atoms with Gasteiger partial charge in [-0.1, -0.05) is 16.8 Å². The second-order valence-corrected chi connectivity index (χ2v) is 1.43. The van der Waals surface area contributed by atoms with Crippen LogP contribution in [0.1, 0.15) is 0 Å². The van der Waals surface area contributed by atoms with E-state index in [-0.39, 0.29) is 0 Å². The predicted molar refractivity (Wildman–Crippen MR) is 38.5 cm³/mol. The van der Waals surface area contributed by atoms with Crippen molar-refractivity contribution in [1.29, 1.82) is 0 Å². The molecule has 0 aromatic heterocycles. The first kappa shape index (κ1) is 8.46. The van der Waals surface area contributed by atoms with E-state index < -0.39 is 0 Å². The van der Waals surface area contributed by atoms with Gasteiger partial charge < -0.3 is 10.6 Å². The molecule has 0 amide bonds. The van der Waals surface area contributed by atoms with E-state index in [1.807, 2.05) is 0 Å². The maximum Gasteiger partial charge on any atom is 0.136 e. The Morgan fingerprint density at radius 1 is 1.67 bits per heavy atom. The fourth-order valence-electron chi connectivity index (χ4n) is 0.218. The van der Waals surface area contributed by atoms with Crippen molar-refractivity contribution in [3.63, 3.8) is 0 Å². The first-order valence-corrected chi connectivity index (χ1v) is 2.94. The van der Waals surface area contributed by atoms with Crippen molar-refractivity contribution in [2.45, 2.75) is 0 Å². The van der Waals surface area contributed by atoms with Crippen molar-refractivity contribution in [3.05, 3.63) is 11.6 Å². The summed E-state index contributed by atoms with van der Waals surface area (Å²) in [5, 5.41) is 3.47. The second-order valence-electron chi connectivity index (χ2n) is 1.18. The molecule has 52 valence electrons. The van der Waals surface area contributed by atoms with E-state index in [0.717, 1.165) is 0 Å². The van der Waals surface area contributed by atoms with Crippen LogP contribution in [0.3, 0.4) is 0 Å². The van der Waals surface area contributed by atoms with Crippen molar-refractivity contribution >= 4 is 17.8 Å². The van der Waals surface area contributed by atoms with E-state index in [2.05, 4.69) is 9.99 Å². The van der Waals surface area contributed by atoms with Crippen LogP contribution in [-0.4, -0.2) is 19.4 Å². The molecule has 0 aliphatic carbocycles. The van der Waals surface area contributed by atoms with E-state index in [0.29, 0.717) is 13.2 Å². The molecule has 0 aliphatic rings. The number of halogens is 1. The molecule has 0 aliphatic heterocycles. The largest absolute Gasteiger partial charge is 0.392 e. The smallest absolute Gasteiger partial charge is 0.136 e. The molecule has 0 aromatic carbocycles. The van der Waals surface area contributed by atoms with Gasteiger partial charge in [0.1, 0.15) is 6.61 Å². The molecule has 0 saturated carbocycles. The Morgan fingerprint density at radius 2 is 2.44 bits per heavy atom. The highest BCUT2D eigenvalue weighted by Gasteiger charge is 1.71. The minimum Gasteiger partial charge on any atom is -0.392 e. The van der Waals surface area contributed by atoms with Gasteiger partial charge in [0.25, 0.3) is 0 Å². The van der Waals surface area contributed by atoms with Crippen LogP contribution in [0.15, 0.2) is 16.8 Å². The van der Waals surface area contributed by atoms with Gasteiger partial charge in [-0.05, 0) is 6.08 Å². The van der Waals surface area contributed by atoms with E-state index in [1.54, 1.807) is 6.08 Å². The summed E-state index contributed by atoms with van der Waals surface area (Å²) in [6, 6.07) is 0. The van der Waals surface area contributed by atoms with Crippen LogP contribution in [-0.2, 0) is 4.84 Å². The van der Waals surface area contributed by atoms with Crippen LogP contribution in [0.4, 0.5) is 0 Å². The first-order valence-electron chi connectivity index (χ1n) is 2.51. The van der Waals surface area contributed by atoms with E-state index >= 15 is 0 Å². The maximum absolute atomic E-state index is 5.18. The highest BCUT2D eigenvalue weighted by molar-refractivity contribution is 6.25.